The van der Waals surface area contributed by atoms with Crippen LogP contribution in [0, 0.1) is 11.3 Å². The van der Waals surface area contributed by atoms with E-state index in [1.165, 1.54) is 19.4 Å². The number of carbonyl (C=O) groups excluding carboxylic acids is 1. The van der Waals surface area contributed by atoms with Crippen LogP contribution in [0.4, 0.5) is 0 Å². The number of hydrogen-bond donors (Lipinski definition) is 1. The van der Waals surface area contributed by atoms with Gasteiger partial charge in [-0.25, -0.2) is 0 Å². The van der Waals surface area contributed by atoms with E-state index in [0.717, 1.165) is 38.3 Å². The second kappa shape index (κ2) is 7.65. The van der Waals surface area contributed by atoms with Crippen molar-refractivity contribution in [1.82, 2.24) is 10.2 Å². The highest BCUT2D eigenvalue weighted by Gasteiger charge is 2.26. The van der Waals surface area contributed by atoms with Gasteiger partial charge in [-0.15, -0.1) is 12.4 Å². The van der Waals surface area contributed by atoms with Crippen molar-refractivity contribution in [3.8, 4) is 0 Å². The Bertz CT molecular complexity index is 302. The van der Waals surface area contributed by atoms with Crippen LogP contribution >= 0.6 is 12.4 Å². The molecule has 1 aliphatic heterocycles. The summed E-state index contributed by atoms with van der Waals surface area (Å²) in [7, 11) is 0. The van der Waals surface area contributed by atoms with Crippen LogP contribution in [0.5, 0.6) is 0 Å². The van der Waals surface area contributed by atoms with Gasteiger partial charge < -0.3 is 10.2 Å². The van der Waals surface area contributed by atoms with Crippen LogP contribution in [0.15, 0.2) is 0 Å². The summed E-state index contributed by atoms with van der Waals surface area (Å²) in [6.07, 6.45) is 6.80. The van der Waals surface area contributed by atoms with Crippen LogP contribution in [0.3, 0.4) is 0 Å². The molecule has 0 aromatic carbocycles. The zero-order valence-electron chi connectivity index (χ0n) is 13.3. The molecule has 4 heteroatoms. The van der Waals surface area contributed by atoms with Gasteiger partial charge in [-0.2, -0.15) is 0 Å². The summed E-state index contributed by atoms with van der Waals surface area (Å²) in [5, 5.41) is 3.66. The van der Waals surface area contributed by atoms with Gasteiger partial charge in [0.25, 0.3) is 0 Å². The molecule has 0 atom stereocenters. The summed E-state index contributed by atoms with van der Waals surface area (Å²) in [5.41, 5.74) is 0.264. The van der Waals surface area contributed by atoms with Crippen molar-refractivity contribution in [2.24, 2.45) is 11.3 Å². The number of nitrogens with zero attached hydrogens (tertiary/aromatic N) is 1. The molecule has 1 aliphatic carbocycles. The van der Waals surface area contributed by atoms with Gasteiger partial charge in [0, 0.05) is 25.6 Å². The predicted molar refractivity (Wildman–Crippen MR) is 86.3 cm³/mol. The monoisotopic (exact) mass is 302 g/mol. The van der Waals surface area contributed by atoms with Gasteiger partial charge >= 0.3 is 0 Å². The molecule has 0 aromatic rings. The molecule has 2 aliphatic rings. The van der Waals surface area contributed by atoms with Gasteiger partial charge in [-0.05, 0) is 50.0 Å². The molecule has 1 heterocycles. The molecule has 20 heavy (non-hydrogen) atoms. The topological polar surface area (TPSA) is 32.3 Å². The maximum Gasteiger partial charge on any atom is 0.222 e. The Hall–Kier alpha value is -0.280. The van der Waals surface area contributed by atoms with Crippen molar-refractivity contribution in [3.05, 3.63) is 0 Å². The van der Waals surface area contributed by atoms with Gasteiger partial charge in [-0.3, -0.25) is 4.79 Å². The first kappa shape index (κ1) is 17.8. The van der Waals surface area contributed by atoms with E-state index >= 15 is 0 Å². The van der Waals surface area contributed by atoms with Crippen LogP contribution in [-0.4, -0.2) is 36.5 Å². The smallest absolute Gasteiger partial charge is 0.222 e. The molecular weight excluding hydrogens is 272 g/mol. The largest absolute Gasteiger partial charge is 0.343 e. The third kappa shape index (κ3) is 6.45. The van der Waals surface area contributed by atoms with Crippen molar-refractivity contribution in [3.63, 3.8) is 0 Å². The van der Waals surface area contributed by atoms with Gasteiger partial charge in [0.1, 0.15) is 0 Å². The van der Waals surface area contributed by atoms with Gasteiger partial charge in [0.05, 0.1) is 0 Å². The zero-order chi connectivity index (χ0) is 13.9. The van der Waals surface area contributed by atoms with E-state index in [0.29, 0.717) is 18.4 Å². The third-order valence-corrected chi connectivity index (χ3v) is 4.33. The molecule has 2 rings (SSSR count). The Morgan fingerprint density at radius 3 is 2.25 bits per heavy atom. The minimum absolute atomic E-state index is 0. The van der Waals surface area contributed by atoms with Gasteiger partial charge in [0.2, 0.25) is 5.91 Å². The highest BCUT2D eigenvalue weighted by molar-refractivity contribution is 5.85. The van der Waals surface area contributed by atoms with Crippen molar-refractivity contribution in [2.45, 2.75) is 65.3 Å². The number of halogens is 1. The summed E-state index contributed by atoms with van der Waals surface area (Å²) in [5.74, 6) is 1.31. The lowest BCUT2D eigenvalue weighted by Crippen LogP contribution is -2.45. The Morgan fingerprint density at radius 2 is 1.75 bits per heavy atom. The first-order valence-corrected chi connectivity index (χ1v) is 7.95. The lowest BCUT2D eigenvalue weighted by Gasteiger charge is -2.33. The highest BCUT2D eigenvalue weighted by atomic mass is 35.5. The molecule has 3 nitrogen and oxygen atoms in total. The van der Waals surface area contributed by atoms with Crippen LogP contribution in [-0.2, 0) is 4.79 Å². The van der Waals surface area contributed by atoms with Crippen molar-refractivity contribution in [2.75, 3.05) is 19.6 Å². The van der Waals surface area contributed by atoms with Crippen LogP contribution < -0.4 is 5.32 Å². The molecule has 0 aromatic heterocycles. The van der Waals surface area contributed by atoms with E-state index in [1.807, 2.05) is 0 Å². The standard InChI is InChI=1S/C16H30N2O.ClH/c1-16(2,3)9-6-15(19)18-10-7-14(8-11-18)17-12-13-4-5-13;/h13-14,17H,4-12H2,1-3H3;1H. The Morgan fingerprint density at radius 1 is 1.15 bits per heavy atom. The van der Waals surface area contributed by atoms with E-state index in [4.69, 9.17) is 0 Å². The van der Waals surface area contributed by atoms with Crippen LogP contribution in [0.25, 0.3) is 0 Å². The number of hydrogen-bond acceptors (Lipinski definition) is 2. The molecule has 0 unspecified atom stereocenters. The molecule has 1 N–H and O–H groups in total. The van der Waals surface area contributed by atoms with Crippen molar-refractivity contribution >= 4 is 18.3 Å². The van der Waals surface area contributed by atoms with Crippen LogP contribution in [0.2, 0.25) is 0 Å². The van der Waals surface area contributed by atoms with E-state index in [-0.39, 0.29) is 17.8 Å². The summed E-state index contributed by atoms with van der Waals surface area (Å²) in [6.45, 7) is 9.70. The maximum atomic E-state index is 12.1. The van der Waals surface area contributed by atoms with E-state index < -0.39 is 0 Å². The van der Waals surface area contributed by atoms with Crippen molar-refractivity contribution in [1.29, 1.82) is 0 Å². The lowest BCUT2D eigenvalue weighted by molar-refractivity contribution is -0.132. The maximum absolute atomic E-state index is 12.1. The highest BCUT2D eigenvalue weighted by Crippen LogP contribution is 2.28. The third-order valence-electron chi connectivity index (χ3n) is 4.33. The number of nitrogens with one attached hydrogen (secondary N) is 1. The second-order valence-corrected chi connectivity index (χ2v) is 7.57. The zero-order valence-corrected chi connectivity index (χ0v) is 14.1. The number of piperidine rings is 1. The molecule has 2 fully saturated rings. The van der Waals surface area contributed by atoms with E-state index in [2.05, 4.69) is 31.0 Å². The fourth-order valence-corrected chi connectivity index (χ4v) is 2.63. The van der Waals surface area contributed by atoms with E-state index in [9.17, 15) is 4.79 Å². The molecule has 0 bridgehead atoms. The summed E-state index contributed by atoms with van der Waals surface area (Å²) >= 11 is 0. The average molecular weight is 303 g/mol. The molecule has 1 saturated heterocycles. The molecular formula is C16H31ClN2O. The second-order valence-electron chi connectivity index (χ2n) is 7.57. The van der Waals surface area contributed by atoms with Crippen molar-refractivity contribution < 1.29 is 4.79 Å². The Labute approximate surface area is 130 Å². The molecule has 1 saturated carbocycles. The minimum Gasteiger partial charge on any atom is -0.343 e. The average Bonchev–Trinajstić information content (AvgIpc) is 3.17. The normalized spacial score (nSPS) is 20.6. The summed E-state index contributed by atoms with van der Waals surface area (Å²) < 4.78 is 0. The van der Waals surface area contributed by atoms with Gasteiger partial charge in [-0.1, -0.05) is 20.8 Å². The Kier molecular flexibility index (Phi) is 6.80. The number of rotatable bonds is 5. The predicted octanol–water partition coefficient (Wildman–Crippen LogP) is 3.23. The number of amides is 1. The summed E-state index contributed by atoms with van der Waals surface area (Å²) in [6, 6.07) is 0.646. The van der Waals surface area contributed by atoms with E-state index in [1.54, 1.807) is 0 Å². The Balaban J connectivity index is 0.00000200. The SMILES string of the molecule is CC(C)(C)CCC(=O)N1CCC(NCC2CC2)CC1.Cl. The molecule has 118 valence electrons. The minimum atomic E-state index is 0. The fourth-order valence-electron chi connectivity index (χ4n) is 2.63. The first-order valence-electron chi connectivity index (χ1n) is 7.95. The molecule has 1 amide bonds. The molecule has 0 radical (unpaired) electrons. The van der Waals surface area contributed by atoms with Gasteiger partial charge in [0.15, 0.2) is 0 Å². The number of likely N-dealkylation sites (tertiary alicyclic amines) is 1. The molecule has 0 spiro atoms. The number of carbonyl (C=O) groups is 1. The fraction of sp³-hybridized carbons (Fsp3) is 0.938. The van der Waals surface area contributed by atoms with Crippen LogP contribution in [0.1, 0.15) is 59.3 Å². The first-order chi connectivity index (χ1) is 8.94. The quantitative estimate of drug-likeness (QED) is 0.845. The summed E-state index contributed by atoms with van der Waals surface area (Å²) in [4.78, 5) is 14.2. The lowest BCUT2D eigenvalue weighted by atomic mass is 9.90.